The van der Waals surface area contributed by atoms with Gasteiger partial charge in [0.1, 0.15) is 0 Å². The second-order valence-corrected chi connectivity index (χ2v) is 7.34. The van der Waals surface area contributed by atoms with Crippen LogP contribution in [-0.4, -0.2) is 30.5 Å². The highest BCUT2D eigenvalue weighted by Gasteiger charge is 2.23. The predicted molar refractivity (Wildman–Crippen MR) is 111 cm³/mol. The van der Waals surface area contributed by atoms with E-state index in [0.29, 0.717) is 5.56 Å². The van der Waals surface area contributed by atoms with E-state index in [9.17, 15) is 14.0 Å². The molecule has 0 saturated carbocycles. The number of carbonyl (C=O) groups is 2. The van der Waals surface area contributed by atoms with Gasteiger partial charge in [-0.05, 0) is 55.5 Å². The van der Waals surface area contributed by atoms with Crippen LogP contribution >= 0.6 is 0 Å². The Hall–Kier alpha value is -3.28. The van der Waals surface area contributed by atoms with Crippen LogP contribution in [0.15, 0.2) is 42.5 Å². The van der Waals surface area contributed by atoms with Gasteiger partial charge in [0.2, 0.25) is 0 Å². The Labute approximate surface area is 173 Å². The minimum atomic E-state index is -0.639. The van der Waals surface area contributed by atoms with Gasteiger partial charge in [0.05, 0.1) is 18.2 Å². The number of hydrogen-bond acceptors (Lipinski definition) is 5. The molecule has 1 aliphatic carbocycles. The number of esters is 1. The predicted octanol–water partition coefficient (Wildman–Crippen LogP) is 4.69. The first-order valence-corrected chi connectivity index (χ1v) is 10.0. The van der Waals surface area contributed by atoms with E-state index in [1.807, 2.05) is 24.3 Å². The van der Waals surface area contributed by atoms with Gasteiger partial charge in [-0.15, -0.1) is 0 Å². The fourth-order valence-electron chi connectivity index (χ4n) is 3.91. The number of ketones is 1. The monoisotopic (exact) mass is 407 g/mol. The zero-order valence-corrected chi connectivity index (χ0v) is 16.7. The number of aromatic nitrogens is 1. The Morgan fingerprint density at radius 2 is 1.87 bits per heavy atom. The van der Waals surface area contributed by atoms with Crippen LogP contribution < -0.4 is 4.74 Å². The number of ether oxygens (including phenoxy) is 2. The number of aryl methyl sites for hydroxylation is 1. The molecule has 0 spiro atoms. The van der Waals surface area contributed by atoms with Crippen molar-refractivity contribution in [3.63, 3.8) is 0 Å². The number of para-hydroxylation sites is 1. The summed E-state index contributed by atoms with van der Waals surface area (Å²) in [4.78, 5) is 30.3. The van der Waals surface area contributed by atoms with Gasteiger partial charge in [0.15, 0.2) is 24.0 Å². The average molecular weight is 407 g/mol. The Morgan fingerprint density at radius 3 is 2.67 bits per heavy atom. The number of nitrogens with zero attached hydrogens (tertiary/aromatic N) is 1. The molecule has 4 rings (SSSR count). The first-order chi connectivity index (χ1) is 14.6. The minimum absolute atomic E-state index is 0.0505. The van der Waals surface area contributed by atoms with E-state index in [0.717, 1.165) is 60.3 Å². The maximum absolute atomic E-state index is 13.9. The van der Waals surface area contributed by atoms with Crippen LogP contribution in [0.3, 0.4) is 0 Å². The third kappa shape index (κ3) is 3.90. The van der Waals surface area contributed by atoms with E-state index in [1.165, 1.54) is 19.2 Å². The first-order valence-electron chi connectivity index (χ1n) is 10.0. The summed E-state index contributed by atoms with van der Waals surface area (Å²) < 4.78 is 24.1. The Kier molecular flexibility index (Phi) is 5.74. The molecule has 6 heteroatoms. The van der Waals surface area contributed by atoms with Crippen molar-refractivity contribution in [1.82, 2.24) is 4.98 Å². The normalized spacial score (nSPS) is 13.4. The molecule has 0 amide bonds. The molecule has 0 fully saturated rings. The van der Waals surface area contributed by atoms with Crippen molar-refractivity contribution in [3.05, 3.63) is 70.7 Å². The van der Waals surface area contributed by atoms with E-state index in [1.54, 1.807) is 0 Å². The molecular weight excluding hydrogens is 385 g/mol. The number of pyridine rings is 1. The van der Waals surface area contributed by atoms with Crippen molar-refractivity contribution in [2.45, 2.75) is 32.1 Å². The first kappa shape index (κ1) is 20.0. The van der Waals surface area contributed by atoms with Gasteiger partial charge < -0.3 is 9.47 Å². The molecule has 1 aliphatic rings. The van der Waals surface area contributed by atoms with Crippen LogP contribution in [-0.2, 0) is 17.6 Å². The second-order valence-electron chi connectivity index (χ2n) is 7.34. The van der Waals surface area contributed by atoms with Crippen molar-refractivity contribution in [3.8, 4) is 5.75 Å². The van der Waals surface area contributed by atoms with Crippen LogP contribution in [0.5, 0.6) is 5.75 Å². The highest BCUT2D eigenvalue weighted by molar-refractivity contribution is 6.06. The number of rotatable bonds is 5. The van der Waals surface area contributed by atoms with Gasteiger partial charge in [-0.25, -0.2) is 9.18 Å². The molecule has 30 heavy (non-hydrogen) atoms. The molecule has 0 atom stereocenters. The molecule has 5 nitrogen and oxygen atoms in total. The Morgan fingerprint density at radius 1 is 1.07 bits per heavy atom. The van der Waals surface area contributed by atoms with Gasteiger partial charge >= 0.3 is 5.97 Å². The maximum Gasteiger partial charge on any atom is 0.339 e. The average Bonchev–Trinajstić information content (AvgIpc) is 3.00. The Balaban J connectivity index is 1.61. The van der Waals surface area contributed by atoms with Crippen molar-refractivity contribution >= 4 is 22.7 Å². The van der Waals surface area contributed by atoms with Crippen LogP contribution in [0.1, 0.15) is 51.2 Å². The topological polar surface area (TPSA) is 65.5 Å². The Bertz CT molecular complexity index is 1130. The van der Waals surface area contributed by atoms with Crippen LogP contribution in [0, 0.1) is 5.82 Å². The SMILES string of the molecule is COc1ccc(C(=O)COC(=O)c2c3c(nc4ccccc24)CCCCC3)cc1F. The minimum Gasteiger partial charge on any atom is -0.494 e. The largest absolute Gasteiger partial charge is 0.494 e. The van der Waals surface area contributed by atoms with Crippen molar-refractivity contribution < 1.29 is 23.5 Å². The number of carbonyl (C=O) groups excluding carboxylic acids is 2. The molecule has 154 valence electrons. The molecule has 0 bridgehead atoms. The number of benzene rings is 2. The quantitative estimate of drug-likeness (QED) is 0.349. The molecule has 0 aliphatic heterocycles. The summed E-state index contributed by atoms with van der Waals surface area (Å²) >= 11 is 0. The van der Waals surface area contributed by atoms with Crippen LogP contribution in [0.25, 0.3) is 10.9 Å². The fraction of sp³-hybridized carbons (Fsp3) is 0.292. The maximum atomic E-state index is 13.9. The van der Waals surface area contributed by atoms with Gasteiger partial charge in [0, 0.05) is 16.6 Å². The summed E-state index contributed by atoms with van der Waals surface area (Å²) in [7, 11) is 1.35. The summed E-state index contributed by atoms with van der Waals surface area (Å²) in [5, 5.41) is 0.728. The lowest BCUT2D eigenvalue weighted by molar-refractivity contribution is 0.0475. The van der Waals surface area contributed by atoms with Crippen molar-refractivity contribution in [2.75, 3.05) is 13.7 Å². The molecule has 0 N–H and O–H groups in total. The summed E-state index contributed by atoms with van der Waals surface area (Å²) in [6.45, 7) is -0.462. The molecule has 0 radical (unpaired) electrons. The van der Waals surface area contributed by atoms with E-state index in [4.69, 9.17) is 14.5 Å². The lowest BCUT2D eigenvalue weighted by atomic mass is 9.97. The summed E-state index contributed by atoms with van der Waals surface area (Å²) in [6, 6.07) is 11.4. The summed E-state index contributed by atoms with van der Waals surface area (Å²) in [6.07, 6.45) is 4.69. The lowest BCUT2D eigenvalue weighted by Gasteiger charge is -2.15. The van der Waals surface area contributed by atoms with Crippen molar-refractivity contribution in [2.24, 2.45) is 0 Å². The van der Waals surface area contributed by atoms with Crippen LogP contribution in [0.4, 0.5) is 4.39 Å². The third-order valence-electron chi connectivity index (χ3n) is 5.43. The molecule has 3 aromatic rings. The summed E-state index contributed by atoms with van der Waals surface area (Å²) in [5.41, 5.74) is 3.21. The number of fused-ring (bicyclic) bond motifs is 2. The van der Waals surface area contributed by atoms with E-state index in [-0.39, 0.29) is 11.3 Å². The second kappa shape index (κ2) is 8.61. The number of Topliss-reactive ketones (excluding diaryl/α,β-unsaturated/α-hetero) is 1. The van der Waals surface area contributed by atoms with Gasteiger partial charge in [-0.3, -0.25) is 9.78 Å². The van der Waals surface area contributed by atoms with Gasteiger partial charge in [-0.2, -0.15) is 0 Å². The molecule has 1 heterocycles. The number of methoxy groups -OCH3 is 1. The number of hydrogen-bond donors (Lipinski definition) is 0. The smallest absolute Gasteiger partial charge is 0.339 e. The van der Waals surface area contributed by atoms with E-state index < -0.39 is 24.2 Å². The molecule has 1 aromatic heterocycles. The van der Waals surface area contributed by atoms with Gasteiger partial charge in [-0.1, -0.05) is 24.6 Å². The highest BCUT2D eigenvalue weighted by Crippen LogP contribution is 2.29. The van der Waals surface area contributed by atoms with Gasteiger partial charge in [0.25, 0.3) is 0 Å². The molecule has 0 saturated heterocycles. The molecule has 0 unspecified atom stereocenters. The standard InChI is InChI=1S/C24H22FNO4/c1-29-22-12-11-15(13-18(22)25)21(27)14-30-24(28)23-16-7-3-2-4-9-19(16)26-20-10-6-5-8-17(20)23/h5-6,8,10-13H,2-4,7,9,14H2,1H3. The van der Waals surface area contributed by atoms with Crippen LogP contribution in [0.2, 0.25) is 0 Å². The van der Waals surface area contributed by atoms with E-state index in [2.05, 4.69) is 0 Å². The fourth-order valence-corrected chi connectivity index (χ4v) is 3.91. The molecule has 2 aromatic carbocycles. The summed E-state index contributed by atoms with van der Waals surface area (Å²) in [5.74, 6) is -1.61. The van der Waals surface area contributed by atoms with Crippen molar-refractivity contribution in [1.29, 1.82) is 0 Å². The zero-order chi connectivity index (χ0) is 21.1. The lowest BCUT2D eigenvalue weighted by Crippen LogP contribution is -2.17. The third-order valence-corrected chi connectivity index (χ3v) is 5.43. The zero-order valence-electron chi connectivity index (χ0n) is 16.7. The molecular formula is C24H22FNO4. The highest BCUT2D eigenvalue weighted by atomic mass is 19.1. The van der Waals surface area contributed by atoms with E-state index >= 15 is 0 Å². The number of halogens is 1.